The van der Waals surface area contributed by atoms with Crippen molar-refractivity contribution in [3.63, 3.8) is 0 Å². The highest BCUT2D eigenvalue weighted by atomic mass is 16.7. The summed E-state index contributed by atoms with van der Waals surface area (Å²) >= 11 is 0. The normalized spacial score (nSPS) is 19.3. The summed E-state index contributed by atoms with van der Waals surface area (Å²) in [5, 5.41) is 21.0. The third-order valence-electron chi connectivity index (χ3n) is 3.79. The molecule has 120 valence electrons. The summed E-state index contributed by atoms with van der Waals surface area (Å²) in [4.78, 5) is 24.6. The summed E-state index contributed by atoms with van der Waals surface area (Å²) in [7, 11) is 2.61. The lowest BCUT2D eigenvalue weighted by molar-refractivity contribution is -0.0997. The van der Waals surface area contributed by atoms with Crippen LogP contribution >= 0.6 is 0 Å². The van der Waals surface area contributed by atoms with E-state index in [2.05, 4.69) is 0 Å². The topological polar surface area (TPSA) is 102 Å². The number of phenols is 2. The number of rotatable bonds is 2. The fraction of sp³-hybridized carbons (Fsp3) is 0.250. The SMILES string of the molecule is COC1=CC(=O)c2c(O)c3c(c(O)c2C1=O)C=C(C)O[C@H]3OC. The molecule has 1 aliphatic heterocycles. The Labute approximate surface area is 131 Å². The third kappa shape index (κ3) is 2.01. The van der Waals surface area contributed by atoms with Crippen LogP contribution in [0.5, 0.6) is 11.5 Å². The number of ether oxygens (including phenoxy) is 3. The van der Waals surface area contributed by atoms with Crippen LogP contribution in [0.2, 0.25) is 0 Å². The molecule has 7 nitrogen and oxygen atoms in total. The smallest absolute Gasteiger partial charge is 0.232 e. The van der Waals surface area contributed by atoms with E-state index < -0.39 is 29.4 Å². The lowest BCUT2D eigenvalue weighted by Crippen LogP contribution is -2.22. The Balaban J connectivity index is 2.38. The molecule has 0 amide bonds. The molecule has 0 bridgehead atoms. The molecule has 1 heterocycles. The summed E-state index contributed by atoms with van der Waals surface area (Å²) in [6.07, 6.45) is 1.44. The van der Waals surface area contributed by atoms with Crippen LogP contribution in [0.15, 0.2) is 17.6 Å². The zero-order chi connectivity index (χ0) is 16.9. The second kappa shape index (κ2) is 5.13. The van der Waals surface area contributed by atoms with Gasteiger partial charge in [0.2, 0.25) is 12.1 Å². The molecule has 0 fully saturated rings. The van der Waals surface area contributed by atoms with E-state index >= 15 is 0 Å². The van der Waals surface area contributed by atoms with Crippen molar-refractivity contribution in [2.45, 2.75) is 13.2 Å². The quantitative estimate of drug-likeness (QED) is 0.804. The Morgan fingerprint density at radius 2 is 1.78 bits per heavy atom. The number of fused-ring (bicyclic) bond motifs is 2. The highest BCUT2D eigenvalue weighted by Crippen LogP contribution is 2.47. The van der Waals surface area contributed by atoms with Crippen molar-refractivity contribution in [1.29, 1.82) is 0 Å². The maximum absolute atomic E-state index is 12.4. The maximum Gasteiger partial charge on any atom is 0.232 e. The van der Waals surface area contributed by atoms with Crippen molar-refractivity contribution in [2.24, 2.45) is 0 Å². The van der Waals surface area contributed by atoms with Gasteiger partial charge in [-0.2, -0.15) is 0 Å². The fourth-order valence-corrected chi connectivity index (χ4v) is 2.77. The van der Waals surface area contributed by atoms with E-state index in [1.54, 1.807) is 6.92 Å². The highest BCUT2D eigenvalue weighted by molar-refractivity contribution is 6.26. The molecule has 0 spiro atoms. The van der Waals surface area contributed by atoms with Gasteiger partial charge in [0.15, 0.2) is 11.5 Å². The maximum atomic E-state index is 12.4. The minimum Gasteiger partial charge on any atom is -0.507 e. The van der Waals surface area contributed by atoms with E-state index in [-0.39, 0.29) is 28.0 Å². The number of ketones is 2. The number of aromatic hydroxyl groups is 2. The Morgan fingerprint density at radius 1 is 1.09 bits per heavy atom. The first-order valence-electron chi connectivity index (χ1n) is 6.74. The van der Waals surface area contributed by atoms with E-state index in [0.29, 0.717) is 5.76 Å². The molecule has 1 atom stereocenters. The van der Waals surface area contributed by atoms with Gasteiger partial charge in [-0.3, -0.25) is 9.59 Å². The van der Waals surface area contributed by atoms with Gasteiger partial charge >= 0.3 is 0 Å². The first-order valence-corrected chi connectivity index (χ1v) is 6.74. The minimum atomic E-state index is -0.998. The molecule has 23 heavy (non-hydrogen) atoms. The van der Waals surface area contributed by atoms with Crippen molar-refractivity contribution in [2.75, 3.05) is 14.2 Å². The van der Waals surface area contributed by atoms with Crippen molar-refractivity contribution in [3.05, 3.63) is 39.8 Å². The molecule has 7 heteroatoms. The van der Waals surface area contributed by atoms with Gasteiger partial charge < -0.3 is 24.4 Å². The number of Topliss-reactive ketones (excluding diaryl/α,β-unsaturated/α-hetero) is 1. The van der Waals surface area contributed by atoms with Gasteiger partial charge in [0.25, 0.3) is 0 Å². The average molecular weight is 318 g/mol. The lowest BCUT2D eigenvalue weighted by Gasteiger charge is -2.28. The summed E-state index contributed by atoms with van der Waals surface area (Å²) in [5.41, 5.74) is -0.294. The number of phenolic OH excluding ortho intramolecular Hbond substituents is 2. The Morgan fingerprint density at radius 3 is 2.39 bits per heavy atom. The van der Waals surface area contributed by atoms with E-state index in [9.17, 15) is 19.8 Å². The molecule has 0 unspecified atom stereocenters. The predicted molar refractivity (Wildman–Crippen MR) is 78.0 cm³/mol. The second-order valence-corrected chi connectivity index (χ2v) is 5.12. The monoisotopic (exact) mass is 318 g/mol. The van der Waals surface area contributed by atoms with E-state index in [4.69, 9.17) is 14.2 Å². The fourth-order valence-electron chi connectivity index (χ4n) is 2.77. The van der Waals surface area contributed by atoms with Crippen LogP contribution in [-0.4, -0.2) is 36.0 Å². The summed E-state index contributed by atoms with van der Waals surface area (Å²) in [6.45, 7) is 1.64. The number of carbonyl (C=O) groups is 2. The molecule has 0 saturated carbocycles. The average Bonchev–Trinajstić information content (AvgIpc) is 2.53. The van der Waals surface area contributed by atoms with Crippen LogP contribution in [0, 0.1) is 0 Å². The number of benzene rings is 1. The Hall–Kier alpha value is -2.80. The van der Waals surface area contributed by atoms with E-state index in [0.717, 1.165) is 6.08 Å². The number of allylic oxidation sites excluding steroid dienone is 3. The summed E-state index contributed by atoms with van der Waals surface area (Å²) in [5.74, 6) is -1.96. The number of hydrogen-bond donors (Lipinski definition) is 2. The zero-order valence-corrected chi connectivity index (χ0v) is 12.7. The zero-order valence-electron chi connectivity index (χ0n) is 12.7. The highest BCUT2D eigenvalue weighted by Gasteiger charge is 2.39. The van der Waals surface area contributed by atoms with Gasteiger partial charge in [0, 0.05) is 18.7 Å². The third-order valence-corrected chi connectivity index (χ3v) is 3.79. The van der Waals surface area contributed by atoms with Crippen molar-refractivity contribution in [1.82, 2.24) is 0 Å². The first kappa shape index (κ1) is 15.1. The second-order valence-electron chi connectivity index (χ2n) is 5.12. The Bertz CT molecular complexity index is 801. The predicted octanol–water partition coefficient (Wildman–Crippen LogP) is 2.04. The molecule has 2 N–H and O–H groups in total. The van der Waals surface area contributed by atoms with Gasteiger partial charge in [-0.25, -0.2) is 0 Å². The van der Waals surface area contributed by atoms with Gasteiger partial charge in [-0.1, -0.05) is 0 Å². The van der Waals surface area contributed by atoms with Crippen molar-refractivity contribution in [3.8, 4) is 11.5 Å². The van der Waals surface area contributed by atoms with Crippen LogP contribution in [0.3, 0.4) is 0 Å². The molecular weight excluding hydrogens is 304 g/mol. The molecule has 0 aromatic heterocycles. The number of methoxy groups -OCH3 is 2. The van der Waals surface area contributed by atoms with Gasteiger partial charge in [0.1, 0.15) is 11.5 Å². The molecule has 0 radical (unpaired) electrons. The minimum absolute atomic E-state index is 0.102. The largest absolute Gasteiger partial charge is 0.507 e. The van der Waals surface area contributed by atoms with Crippen molar-refractivity contribution >= 4 is 17.6 Å². The standard InChI is InChI=1S/C16H14O7/c1-6-4-7-10(16(22-3)23-6)15(20)11-8(17)5-9(21-2)14(19)12(11)13(7)18/h4-5,16,18,20H,1-3H3/t16-/m1/s1. The summed E-state index contributed by atoms with van der Waals surface area (Å²) < 4.78 is 15.4. The molecule has 2 aliphatic rings. The van der Waals surface area contributed by atoms with Gasteiger partial charge in [0.05, 0.1) is 29.6 Å². The molecule has 1 aromatic rings. The van der Waals surface area contributed by atoms with Crippen LogP contribution in [0.25, 0.3) is 6.08 Å². The molecule has 0 saturated heterocycles. The Kier molecular flexibility index (Phi) is 3.37. The molecule has 1 aromatic carbocycles. The van der Waals surface area contributed by atoms with Crippen molar-refractivity contribution < 1.29 is 34.0 Å². The van der Waals surface area contributed by atoms with Crippen LogP contribution in [0.4, 0.5) is 0 Å². The van der Waals surface area contributed by atoms with E-state index in [1.165, 1.54) is 20.3 Å². The molecule has 3 rings (SSSR count). The van der Waals surface area contributed by atoms with Crippen LogP contribution in [0.1, 0.15) is 45.1 Å². The lowest BCUT2D eigenvalue weighted by atomic mass is 9.86. The van der Waals surface area contributed by atoms with Gasteiger partial charge in [-0.15, -0.1) is 0 Å². The molecular formula is C16H14O7. The van der Waals surface area contributed by atoms with Crippen LogP contribution < -0.4 is 0 Å². The molecule has 1 aliphatic carbocycles. The summed E-state index contributed by atoms with van der Waals surface area (Å²) in [6, 6.07) is 0. The van der Waals surface area contributed by atoms with E-state index in [1.807, 2.05) is 0 Å². The number of carbonyl (C=O) groups excluding carboxylic acids is 2. The van der Waals surface area contributed by atoms with Crippen LogP contribution in [-0.2, 0) is 14.2 Å². The number of hydrogen-bond acceptors (Lipinski definition) is 7. The van der Waals surface area contributed by atoms with Gasteiger partial charge in [-0.05, 0) is 13.0 Å². The first-order chi connectivity index (χ1) is 10.9.